The summed E-state index contributed by atoms with van der Waals surface area (Å²) in [5.41, 5.74) is 5.61. The number of benzene rings is 1. The summed E-state index contributed by atoms with van der Waals surface area (Å²) < 4.78 is 5.35. The lowest BCUT2D eigenvalue weighted by Gasteiger charge is -2.15. The number of nitrogens with one attached hydrogen (secondary N) is 1. The van der Waals surface area contributed by atoms with E-state index in [-0.39, 0.29) is 18.0 Å². The van der Waals surface area contributed by atoms with Crippen molar-refractivity contribution in [2.24, 2.45) is 5.73 Å². The normalized spacial score (nSPS) is 11.9. The lowest BCUT2D eigenvalue weighted by Crippen LogP contribution is -2.45. The number of likely N-dealkylation sites (N-methyl/N-ethyl adjacent to an activating group) is 1. The van der Waals surface area contributed by atoms with E-state index >= 15 is 0 Å². The molecule has 1 aromatic carbocycles. The Morgan fingerprint density at radius 2 is 2.26 bits per heavy atom. The quantitative estimate of drug-likeness (QED) is 0.559. The average Bonchev–Trinajstić information content (AvgIpc) is 2.33. The highest BCUT2D eigenvalue weighted by Crippen LogP contribution is 2.30. The number of nitro benzene ring substituents is 1. The molecule has 0 saturated carbocycles. The Hall–Kier alpha value is -2.15. The van der Waals surface area contributed by atoms with Gasteiger partial charge in [-0.2, -0.15) is 0 Å². The number of carbonyl (C=O) groups excluding carboxylic acids is 1. The van der Waals surface area contributed by atoms with E-state index in [9.17, 15) is 14.9 Å². The summed E-state index contributed by atoms with van der Waals surface area (Å²) in [6, 6.07) is 4.10. The van der Waals surface area contributed by atoms with Crippen molar-refractivity contribution in [3.8, 4) is 5.75 Å². The number of hydrogen-bond donors (Lipinski definition) is 2. The fourth-order valence-electron chi connectivity index (χ4n) is 1.64. The van der Waals surface area contributed by atoms with E-state index in [4.69, 9.17) is 10.5 Å². The minimum Gasteiger partial charge on any atom is -0.485 e. The molecule has 0 aliphatic rings. The van der Waals surface area contributed by atoms with Gasteiger partial charge < -0.3 is 15.8 Å². The molecule has 0 spiro atoms. The molecule has 0 fully saturated rings. The van der Waals surface area contributed by atoms with Crippen LogP contribution in [0.5, 0.6) is 5.75 Å². The third kappa shape index (κ3) is 3.92. The topological polar surface area (TPSA) is 107 Å². The Morgan fingerprint density at radius 1 is 1.58 bits per heavy atom. The SMILES string of the molecule is CCNC(COc1cccc(C)c1[N+](=O)[O-])C(N)=O. The monoisotopic (exact) mass is 267 g/mol. The van der Waals surface area contributed by atoms with Crippen molar-refractivity contribution in [3.05, 3.63) is 33.9 Å². The Morgan fingerprint density at radius 3 is 2.79 bits per heavy atom. The molecule has 0 heterocycles. The summed E-state index contributed by atoms with van der Waals surface area (Å²) in [5.74, 6) is -0.425. The zero-order valence-corrected chi connectivity index (χ0v) is 10.9. The predicted octanol–water partition coefficient (Wildman–Crippen LogP) is 0.745. The van der Waals surface area contributed by atoms with Crippen LogP contribution in [0.3, 0.4) is 0 Å². The largest absolute Gasteiger partial charge is 0.485 e. The molecule has 3 N–H and O–H groups in total. The van der Waals surface area contributed by atoms with E-state index in [1.165, 1.54) is 6.07 Å². The van der Waals surface area contributed by atoms with E-state index in [1.54, 1.807) is 19.1 Å². The van der Waals surface area contributed by atoms with Gasteiger partial charge in [0.25, 0.3) is 0 Å². The third-order valence-corrected chi connectivity index (χ3v) is 2.58. The molecule has 1 amide bonds. The highest BCUT2D eigenvalue weighted by Gasteiger charge is 2.21. The number of primary amides is 1. The van der Waals surface area contributed by atoms with Crippen LogP contribution in [0.25, 0.3) is 0 Å². The van der Waals surface area contributed by atoms with Gasteiger partial charge in [0.1, 0.15) is 12.6 Å². The van der Waals surface area contributed by atoms with Crippen molar-refractivity contribution in [3.63, 3.8) is 0 Å². The number of carbonyl (C=O) groups is 1. The Kier molecular flexibility index (Phi) is 5.25. The summed E-state index contributed by atoms with van der Waals surface area (Å²) >= 11 is 0. The molecule has 0 aromatic heterocycles. The van der Waals surface area contributed by atoms with Gasteiger partial charge in [-0.05, 0) is 19.5 Å². The van der Waals surface area contributed by atoms with Crippen molar-refractivity contribution < 1.29 is 14.5 Å². The first kappa shape index (κ1) is 14.9. The number of nitrogens with two attached hydrogens (primary N) is 1. The molecule has 1 atom stereocenters. The molecule has 1 rings (SSSR count). The molecule has 0 saturated heterocycles. The van der Waals surface area contributed by atoms with Crippen LogP contribution in [0.4, 0.5) is 5.69 Å². The lowest BCUT2D eigenvalue weighted by atomic mass is 10.2. The first-order chi connectivity index (χ1) is 8.97. The van der Waals surface area contributed by atoms with Gasteiger partial charge in [0.05, 0.1) is 4.92 Å². The number of nitrogens with zero attached hydrogens (tertiary/aromatic N) is 1. The zero-order valence-electron chi connectivity index (χ0n) is 10.9. The van der Waals surface area contributed by atoms with Gasteiger partial charge in [-0.15, -0.1) is 0 Å². The number of hydrogen-bond acceptors (Lipinski definition) is 5. The fraction of sp³-hybridized carbons (Fsp3) is 0.417. The molecular formula is C12H17N3O4. The maximum atomic E-state index is 11.1. The lowest BCUT2D eigenvalue weighted by molar-refractivity contribution is -0.386. The van der Waals surface area contributed by atoms with E-state index in [2.05, 4.69) is 5.32 Å². The van der Waals surface area contributed by atoms with E-state index in [0.29, 0.717) is 12.1 Å². The summed E-state index contributed by atoms with van der Waals surface area (Å²) in [6.07, 6.45) is 0. The number of rotatable bonds is 7. The van der Waals surface area contributed by atoms with E-state index in [1.807, 2.05) is 6.92 Å². The maximum Gasteiger partial charge on any atom is 0.313 e. The van der Waals surface area contributed by atoms with Crippen molar-refractivity contribution in [2.75, 3.05) is 13.2 Å². The number of amides is 1. The van der Waals surface area contributed by atoms with Crippen LogP contribution in [0.1, 0.15) is 12.5 Å². The molecule has 0 bridgehead atoms. The molecule has 1 unspecified atom stereocenters. The Bertz CT molecular complexity index is 476. The highest BCUT2D eigenvalue weighted by molar-refractivity contribution is 5.80. The minimum absolute atomic E-state index is 0.0481. The van der Waals surface area contributed by atoms with Crippen LogP contribution >= 0.6 is 0 Å². The molecule has 7 heteroatoms. The second-order valence-electron chi connectivity index (χ2n) is 4.00. The summed E-state index contributed by atoms with van der Waals surface area (Å²) in [7, 11) is 0. The van der Waals surface area contributed by atoms with E-state index in [0.717, 1.165) is 0 Å². The van der Waals surface area contributed by atoms with Crippen molar-refractivity contribution in [1.29, 1.82) is 0 Å². The van der Waals surface area contributed by atoms with Gasteiger partial charge in [0.2, 0.25) is 5.91 Å². The zero-order chi connectivity index (χ0) is 14.4. The Labute approximate surface area is 110 Å². The molecule has 7 nitrogen and oxygen atoms in total. The second-order valence-corrected chi connectivity index (χ2v) is 4.00. The van der Waals surface area contributed by atoms with E-state index < -0.39 is 16.9 Å². The number of para-hydroxylation sites is 1. The van der Waals surface area contributed by atoms with Crippen LogP contribution in [0.2, 0.25) is 0 Å². The fourth-order valence-corrected chi connectivity index (χ4v) is 1.64. The number of nitro groups is 1. The molecular weight excluding hydrogens is 250 g/mol. The third-order valence-electron chi connectivity index (χ3n) is 2.58. The van der Waals surface area contributed by atoms with Gasteiger partial charge in [0, 0.05) is 5.56 Å². The molecule has 0 radical (unpaired) electrons. The first-order valence-electron chi connectivity index (χ1n) is 5.86. The van der Waals surface area contributed by atoms with Gasteiger partial charge in [-0.3, -0.25) is 14.9 Å². The van der Waals surface area contributed by atoms with Gasteiger partial charge >= 0.3 is 5.69 Å². The van der Waals surface area contributed by atoms with Crippen LogP contribution < -0.4 is 15.8 Å². The van der Waals surface area contributed by atoms with Gasteiger partial charge in [0.15, 0.2) is 5.75 Å². The average molecular weight is 267 g/mol. The summed E-state index contributed by atoms with van der Waals surface area (Å²) in [4.78, 5) is 21.6. The van der Waals surface area contributed by atoms with Crippen LogP contribution in [-0.4, -0.2) is 30.0 Å². The van der Waals surface area contributed by atoms with Gasteiger partial charge in [-0.1, -0.05) is 19.1 Å². The summed E-state index contributed by atoms with van der Waals surface area (Å²) in [6.45, 7) is 3.95. The van der Waals surface area contributed by atoms with Crippen LogP contribution in [0.15, 0.2) is 18.2 Å². The molecule has 19 heavy (non-hydrogen) atoms. The smallest absolute Gasteiger partial charge is 0.313 e. The minimum atomic E-state index is -0.676. The summed E-state index contributed by atoms with van der Waals surface area (Å²) in [5, 5.41) is 13.8. The standard InChI is InChI=1S/C12H17N3O4/c1-3-14-9(12(13)16)7-19-10-6-4-5-8(2)11(10)15(17)18/h4-6,9,14H,3,7H2,1-2H3,(H2,13,16). The highest BCUT2D eigenvalue weighted by atomic mass is 16.6. The van der Waals surface area contributed by atoms with Crippen molar-refractivity contribution >= 4 is 11.6 Å². The second kappa shape index (κ2) is 6.69. The van der Waals surface area contributed by atoms with Gasteiger partial charge in [-0.25, -0.2) is 0 Å². The van der Waals surface area contributed by atoms with Crippen LogP contribution in [0, 0.1) is 17.0 Å². The molecule has 1 aromatic rings. The Balaban J connectivity index is 2.85. The first-order valence-corrected chi connectivity index (χ1v) is 5.86. The predicted molar refractivity (Wildman–Crippen MR) is 70.0 cm³/mol. The number of ether oxygens (including phenoxy) is 1. The molecule has 104 valence electrons. The molecule has 0 aliphatic carbocycles. The maximum absolute atomic E-state index is 11.1. The van der Waals surface area contributed by atoms with Crippen molar-refractivity contribution in [1.82, 2.24) is 5.32 Å². The van der Waals surface area contributed by atoms with Crippen LogP contribution in [-0.2, 0) is 4.79 Å². The van der Waals surface area contributed by atoms with Crippen molar-refractivity contribution in [2.45, 2.75) is 19.9 Å². The number of aryl methyl sites for hydroxylation is 1. The molecule has 0 aliphatic heterocycles.